The van der Waals surface area contributed by atoms with Crippen LogP contribution in [0, 0.1) is 12.8 Å². The Labute approximate surface area is 112 Å². The second-order valence-electron chi connectivity index (χ2n) is 4.53. The number of halogens is 1. The van der Waals surface area contributed by atoms with E-state index >= 15 is 0 Å². The number of hydrogen-bond acceptors (Lipinski definition) is 4. The number of carbonyl (C=O) groups excluding carboxylic acids is 1. The van der Waals surface area contributed by atoms with Crippen LogP contribution in [0.3, 0.4) is 0 Å². The Hall–Kier alpha value is -1.36. The third kappa shape index (κ3) is 3.32. The summed E-state index contributed by atoms with van der Waals surface area (Å²) < 4.78 is 0. The van der Waals surface area contributed by atoms with Crippen molar-refractivity contribution >= 4 is 23.3 Å². The lowest BCUT2D eigenvalue weighted by Gasteiger charge is -2.21. The van der Waals surface area contributed by atoms with E-state index in [1.807, 2.05) is 27.7 Å². The summed E-state index contributed by atoms with van der Waals surface area (Å²) in [5.74, 6) is 0.877. The Morgan fingerprint density at radius 2 is 2.06 bits per heavy atom. The Morgan fingerprint density at radius 3 is 2.50 bits per heavy atom. The van der Waals surface area contributed by atoms with Gasteiger partial charge >= 0.3 is 0 Å². The van der Waals surface area contributed by atoms with E-state index in [1.54, 1.807) is 0 Å². The standard InChI is InChI=1S/C12H19ClN4O/c1-5-8-15-10(13)7(4)12(16-8)17-9(6(2)3)11(14)18/h6,9H,5H2,1-4H3,(H2,14,18)(H,15,16,17). The zero-order chi connectivity index (χ0) is 13.9. The molecule has 1 aromatic rings. The highest BCUT2D eigenvalue weighted by Gasteiger charge is 2.21. The number of amides is 1. The number of anilines is 1. The number of aromatic nitrogens is 2. The zero-order valence-electron chi connectivity index (χ0n) is 11.1. The zero-order valence-corrected chi connectivity index (χ0v) is 11.9. The van der Waals surface area contributed by atoms with Gasteiger partial charge in [-0.15, -0.1) is 0 Å². The van der Waals surface area contributed by atoms with Gasteiger partial charge in [0.1, 0.15) is 22.8 Å². The fourth-order valence-electron chi connectivity index (χ4n) is 1.55. The number of hydrogen-bond donors (Lipinski definition) is 2. The Bertz CT molecular complexity index is 448. The molecule has 0 aromatic carbocycles. The lowest BCUT2D eigenvalue weighted by Crippen LogP contribution is -2.40. The minimum Gasteiger partial charge on any atom is -0.368 e. The summed E-state index contributed by atoms with van der Waals surface area (Å²) in [6.45, 7) is 7.59. The molecule has 18 heavy (non-hydrogen) atoms. The van der Waals surface area contributed by atoms with E-state index in [4.69, 9.17) is 17.3 Å². The Morgan fingerprint density at radius 1 is 1.44 bits per heavy atom. The minimum atomic E-state index is -0.473. The molecule has 1 heterocycles. The highest BCUT2D eigenvalue weighted by atomic mass is 35.5. The van der Waals surface area contributed by atoms with Crippen molar-refractivity contribution in [3.63, 3.8) is 0 Å². The van der Waals surface area contributed by atoms with Crippen LogP contribution < -0.4 is 11.1 Å². The summed E-state index contributed by atoms with van der Waals surface area (Å²) in [5.41, 5.74) is 6.09. The van der Waals surface area contributed by atoms with Crippen molar-refractivity contribution < 1.29 is 4.79 Å². The summed E-state index contributed by atoms with van der Waals surface area (Å²) in [5, 5.41) is 3.45. The SMILES string of the molecule is CCc1nc(Cl)c(C)c(NC(C(N)=O)C(C)C)n1. The van der Waals surface area contributed by atoms with E-state index in [1.165, 1.54) is 0 Å². The fourth-order valence-corrected chi connectivity index (χ4v) is 1.73. The Kier molecular flexibility index (Phi) is 4.90. The number of carbonyl (C=O) groups is 1. The van der Waals surface area contributed by atoms with Crippen LogP contribution in [0.4, 0.5) is 5.82 Å². The summed E-state index contributed by atoms with van der Waals surface area (Å²) >= 11 is 6.03. The molecule has 0 saturated heterocycles. The van der Waals surface area contributed by atoms with Crippen LogP contribution in [-0.2, 0) is 11.2 Å². The van der Waals surface area contributed by atoms with E-state index in [2.05, 4.69) is 15.3 Å². The van der Waals surface area contributed by atoms with Crippen molar-refractivity contribution in [2.45, 2.75) is 40.2 Å². The van der Waals surface area contributed by atoms with Gasteiger partial charge in [-0.25, -0.2) is 9.97 Å². The molecule has 0 bridgehead atoms. The number of aryl methyl sites for hydroxylation is 1. The average molecular weight is 271 g/mol. The minimum absolute atomic E-state index is 0.0701. The maximum atomic E-state index is 11.4. The molecule has 3 N–H and O–H groups in total. The predicted octanol–water partition coefficient (Wildman–Crippen LogP) is 1.92. The van der Waals surface area contributed by atoms with E-state index in [-0.39, 0.29) is 5.92 Å². The molecule has 0 spiro atoms. The second-order valence-corrected chi connectivity index (χ2v) is 4.88. The van der Waals surface area contributed by atoms with Gasteiger partial charge < -0.3 is 11.1 Å². The number of nitrogens with two attached hydrogens (primary N) is 1. The van der Waals surface area contributed by atoms with Gasteiger partial charge in [0, 0.05) is 12.0 Å². The first-order valence-corrected chi connectivity index (χ1v) is 6.33. The number of primary amides is 1. The van der Waals surface area contributed by atoms with Crippen molar-refractivity contribution in [2.75, 3.05) is 5.32 Å². The summed E-state index contributed by atoms with van der Waals surface area (Å²) in [7, 11) is 0. The molecular formula is C12H19ClN4O. The monoisotopic (exact) mass is 270 g/mol. The molecule has 0 saturated carbocycles. The van der Waals surface area contributed by atoms with Crippen molar-refractivity contribution in [2.24, 2.45) is 11.7 Å². The maximum Gasteiger partial charge on any atom is 0.240 e. The van der Waals surface area contributed by atoms with Crippen LogP contribution in [0.25, 0.3) is 0 Å². The van der Waals surface area contributed by atoms with Crippen LogP contribution in [0.2, 0.25) is 5.15 Å². The molecule has 0 aliphatic heterocycles. The lowest BCUT2D eigenvalue weighted by molar-refractivity contribution is -0.119. The van der Waals surface area contributed by atoms with E-state index in [0.717, 1.165) is 5.56 Å². The molecule has 0 aliphatic rings. The first-order chi connectivity index (χ1) is 8.36. The van der Waals surface area contributed by atoms with Crippen molar-refractivity contribution in [3.8, 4) is 0 Å². The summed E-state index contributed by atoms with van der Waals surface area (Å²) in [6.07, 6.45) is 0.678. The van der Waals surface area contributed by atoms with Crippen molar-refractivity contribution in [3.05, 3.63) is 16.5 Å². The van der Waals surface area contributed by atoms with Gasteiger partial charge in [-0.2, -0.15) is 0 Å². The molecular weight excluding hydrogens is 252 g/mol. The van der Waals surface area contributed by atoms with Gasteiger partial charge in [-0.1, -0.05) is 32.4 Å². The number of nitrogens with one attached hydrogen (secondary N) is 1. The quantitative estimate of drug-likeness (QED) is 0.801. The molecule has 100 valence electrons. The van der Waals surface area contributed by atoms with Crippen LogP contribution in [0.15, 0.2) is 0 Å². The van der Waals surface area contributed by atoms with Crippen LogP contribution in [0.1, 0.15) is 32.2 Å². The third-order valence-electron chi connectivity index (χ3n) is 2.71. The van der Waals surface area contributed by atoms with Crippen molar-refractivity contribution in [1.82, 2.24) is 9.97 Å². The Balaban J connectivity index is 3.09. The molecule has 1 rings (SSSR count). The third-order valence-corrected chi connectivity index (χ3v) is 3.08. The molecule has 0 fully saturated rings. The molecule has 0 aliphatic carbocycles. The summed E-state index contributed by atoms with van der Waals surface area (Å²) in [4.78, 5) is 19.9. The average Bonchev–Trinajstić information content (AvgIpc) is 2.29. The van der Waals surface area contributed by atoms with E-state index in [9.17, 15) is 4.79 Å². The van der Waals surface area contributed by atoms with Gasteiger partial charge in [-0.3, -0.25) is 4.79 Å². The van der Waals surface area contributed by atoms with Crippen LogP contribution in [-0.4, -0.2) is 21.9 Å². The fraction of sp³-hybridized carbons (Fsp3) is 0.583. The highest BCUT2D eigenvalue weighted by molar-refractivity contribution is 6.30. The second kappa shape index (κ2) is 6.00. The first kappa shape index (κ1) is 14.7. The summed E-state index contributed by atoms with van der Waals surface area (Å²) in [6, 6.07) is -0.473. The van der Waals surface area contributed by atoms with E-state index in [0.29, 0.717) is 23.2 Å². The lowest BCUT2D eigenvalue weighted by atomic mass is 10.0. The normalized spacial score (nSPS) is 12.6. The molecule has 1 amide bonds. The van der Waals surface area contributed by atoms with E-state index < -0.39 is 11.9 Å². The highest BCUT2D eigenvalue weighted by Crippen LogP contribution is 2.21. The van der Waals surface area contributed by atoms with Gasteiger partial charge in [0.25, 0.3) is 0 Å². The van der Waals surface area contributed by atoms with Gasteiger partial charge in [-0.05, 0) is 12.8 Å². The smallest absolute Gasteiger partial charge is 0.240 e. The predicted molar refractivity (Wildman–Crippen MR) is 72.6 cm³/mol. The number of nitrogens with zero attached hydrogens (tertiary/aromatic N) is 2. The topological polar surface area (TPSA) is 80.9 Å². The molecule has 1 aromatic heterocycles. The first-order valence-electron chi connectivity index (χ1n) is 5.95. The number of rotatable bonds is 5. The largest absolute Gasteiger partial charge is 0.368 e. The van der Waals surface area contributed by atoms with Crippen LogP contribution in [0.5, 0.6) is 0 Å². The molecule has 6 heteroatoms. The molecule has 5 nitrogen and oxygen atoms in total. The maximum absolute atomic E-state index is 11.4. The van der Waals surface area contributed by atoms with Crippen LogP contribution >= 0.6 is 11.6 Å². The van der Waals surface area contributed by atoms with Crippen molar-refractivity contribution in [1.29, 1.82) is 0 Å². The molecule has 1 atom stereocenters. The van der Waals surface area contributed by atoms with Gasteiger partial charge in [0.15, 0.2) is 0 Å². The van der Waals surface area contributed by atoms with Gasteiger partial charge in [0.2, 0.25) is 5.91 Å². The molecule has 1 unspecified atom stereocenters. The molecule has 0 radical (unpaired) electrons. The van der Waals surface area contributed by atoms with Gasteiger partial charge in [0.05, 0.1) is 0 Å².